The Morgan fingerprint density at radius 3 is 2.42 bits per heavy atom. The van der Waals surface area contributed by atoms with E-state index in [1.165, 1.54) is 5.56 Å². The Kier molecular flexibility index (Phi) is 6.04. The van der Waals surface area contributed by atoms with Gasteiger partial charge in [0.1, 0.15) is 5.75 Å². The molecule has 1 amide bonds. The zero-order valence-corrected chi connectivity index (χ0v) is 15.4. The van der Waals surface area contributed by atoms with Crippen LogP contribution in [0.5, 0.6) is 5.75 Å². The van der Waals surface area contributed by atoms with Crippen LogP contribution in [0.4, 0.5) is 5.95 Å². The minimum atomic E-state index is 0.0289. The van der Waals surface area contributed by atoms with E-state index < -0.39 is 0 Å². The van der Waals surface area contributed by atoms with E-state index in [-0.39, 0.29) is 5.91 Å². The van der Waals surface area contributed by atoms with Crippen LogP contribution in [0.25, 0.3) is 0 Å². The average Bonchev–Trinajstić information content (AvgIpc) is 2.72. The first-order valence-electron chi connectivity index (χ1n) is 9.11. The highest BCUT2D eigenvalue weighted by atomic mass is 16.5. The second-order valence-electron chi connectivity index (χ2n) is 6.67. The number of hydrogen-bond donors (Lipinski definition) is 1. The summed E-state index contributed by atoms with van der Waals surface area (Å²) in [6.45, 7) is 1.61. The molecule has 1 aliphatic heterocycles. The number of carbonyl (C=O) groups is 1. The van der Waals surface area contributed by atoms with Crippen molar-refractivity contribution in [1.82, 2.24) is 14.9 Å². The molecule has 6 nitrogen and oxygen atoms in total. The predicted molar refractivity (Wildman–Crippen MR) is 102 cm³/mol. The molecule has 0 aliphatic carbocycles. The summed E-state index contributed by atoms with van der Waals surface area (Å²) in [5.41, 5.74) is 1.90. The van der Waals surface area contributed by atoms with Crippen LogP contribution in [-0.4, -0.2) is 48.0 Å². The number of anilines is 1. The van der Waals surface area contributed by atoms with Gasteiger partial charge in [-0.3, -0.25) is 4.79 Å². The van der Waals surface area contributed by atoms with Gasteiger partial charge in [-0.05, 0) is 49.3 Å². The van der Waals surface area contributed by atoms with Crippen molar-refractivity contribution in [2.24, 2.45) is 5.92 Å². The van der Waals surface area contributed by atoms with Crippen molar-refractivity contribution in [3.63, 3.8) is 0 Å². The van der Waals surface area contributed by atoms with Crippen molar-refractivity contribution >= 4 is 11.9 Å². The van der Waals surface area contributed by atoms with Gasteiger partial charge in [0.25, 0.3) is 5.91 Å². The smallest absolute Gasteiger partial charge is 0.256 e. The lowest BCUT2D eigenvalue weighted by Crippen LogP contribution is -2.38. The van der Waals surface area contributed by atoms with Crippen LogP contribution >= 0.6 is 0 Å². The van der Waals surface area contributed by atoms with Crippen molar-refractivity contribution in [2.45, 2.75) is 25.7 Å². The number of likely N-dealkylation sites (tertiary alicyclic amines) is 1. The molecule has 2 aromatic rings. The summed E-state index contributed by atoms with van der Waals surface area (Å²) in [5, 5.41) is 2.86. The van der Waals surface area contributed by atoms with Crippen LogP contribution in [0.15, 0.2) is 36.7 Å². The van der Waals surface area contributed by atoms with Gasteiger partial charge in [-0.1, -0.05) is 12.1 Å². The summed E-state index contributed by atoms with van der Waals surface area (Å²) in [7, 11) is 3.44. The third kappa shape index (κ3) is 4.50. The highest BCUT2D eigenvalue weighted by Gasteiger charge is 2.23. The Morgan fingerprint density at radius 1 is 1.19 bits per heavy atom. The SMILES string of the molecule is CNc1ncc(C(=O)N2CCC(CCc3ccc(OC)cc3)CC2)cn1. The number of benzene rings is 1. The second kappa shape index (κ2) is 8.65. The molecule has 2 heterocycles. The van der Waals surface area contributed by atoms with Crippen molar-refractivity contribution in [3.8, 4) is 5.75 Å². The van der Waals surface area contributed by atoms with Gasteiger partial charge in [0.05, 0.1) is 12.7 Å². The summed E-state index contributed by atoms with van der Waals surface area (Å²) in [6, 6.07) is 8.29. The first kappa shape index (κ1) is 18.2. The zero-order chi connectivity index (χ0) is 18.4. The van der Waals surface area contributed by atoms with Gasteiger partial charge in [0.15, 0.2) is 0 Å². The molecule has 26 heavy (non-hydrogen) atoms. The topological polar surface area (TPSA) is 67.4 Å². The molecule has 0 atom stereocenters. The maximum Gasteiger partial charge on any atom is 0.256 e. The van der Waals surface area contributed by atoms with Gasteiger partial charge in [0.2, 0.25) is 5.95 Å². The molecule has 1 N–H and O–H groups in total. The lowest BCUT2D eigenvalue weighted by Gasteiger charge is -2.32. The third-order valence-corrected chi connectivity index (χ3v) is 5.02. The highest BCUT2D eigenvalue weighted by Crippen LogP contribution is 2.24. The van der Waals surface area contributed by atoms with Crippen LogP contribution in [0.3, 0.4) is 0 Å². The van der Waals surface area contributed by atoms with E-state index in [0.717, 1.165) is 44.5 Å². The molecule has 138 valence electrons. The van der Waals surface area contributed by atoms with E-state index in [9.17, 15) is 4.79 Å². The van der Waals surface area contributed by atoms with Crippen LogP contribution < -0.4 is 10.1 Å². The summed E-state index contributed by atoms with van der Waals surface area (Å²) >= 11 is 0. The molecule has 1 aromatic heterocycles. The molecule has 0 radical (unpaired) electrons. The maximum absolute atomic E-state index is 12.6. The lowest BCUT2D eigenvalue weighted by molar-refractivity contribution is 0.0686. The predicted octanol–water partition coefficient (Wildman–Crippen LogP) is 3.01. The highest BCUT2D eigenvalue weighted by molar-refractivity contribution is 5.93. The number of aryl methyl sites for hydroxylation is 1. The van der Waals surface area contributed by atoms with Gasteiger partial charge >= 0.3 is 0 Å². The van der Waals surface area contributed by atoms with E-state index in [0.29, 0.717) is 17.4 Å². The summed E-state index contributed by atoms with van der Waals surface area (Å²) in [6.07, 6.45) is 7.53. The van der Waals surface area contributed by atoms with E-state index in [1.807, 2.05) is 17.0 Å². The second-order valence-corrected chi connectivity index (χ2v) is 6.67. The summed E-state index contributed by atoms with van der Waals surface area (Å²) in [4.78, 5) is 22.7. The fraction of sp³-hybridized carbons (Fsp3) is 0.450. The van der Waals surface area contributed by atoms with E-state index in [2.05, 4.69) is 27.4 Å². The van der Waals surface area contributed by atoms with Gasteiger partial charge < -0.3 is 15.0 Å². The minimum absolute atomic E-state index is 0.0289. The van der Waals surface area contributed by atoms with Gasteiger partial charge in [-0.15, -0.1) is 0 Å². The van der Waals surface area contributed by atoms with E-state index >= 15 is 0 Å². The molecule has 0 bridgehead atoms. The first-order valence-corrected chi connectivity index (χ1v) is 9.11. The molecule has 0 unspecified atom stereocenters. The molecule has 1 aromatic carbocycles. The molecule has 1 fully saturated rings. The Morgan fingerprint density at radius 2 is 1.85 bits per heavy atom. The molecule has 1 saturated heterocycles. The van der Waals surface area contributed by atoms with Crippen LogP contribution in [0.2, 0.25) is 0 Å². The fourth-order valence-electron chi connectivity index (χ4n) is 3.34. The maximum atomic E-state index is 12.6. The van der Waals surface area contributed by atoms with Crippen LogP contribution in [0.1, 0.15) is 35.2 Å². The normalized spacial score (nSPS) is 14.9. The molecule has 6 heteroatoms. The first-order chi connectivity index (χ1) is 12.7. The van der Waals surface area contributed by atoms with Crippen LogP contribution in [-0.2, 0) is 6.42 Å². The average molecular weight is 354 g/mol. The molecule has 0 spiro atoms. The monoisotopic (exact) mass is 354 g/mol. The third-order valence-electron chi connectivity index (χ3n) is 5.02. The summed E-state index contributed by atoms with van der Waals surface area (Å²) < 4.78 is 5.20. The number of ether oxygens (including phenoxy) is 1. The van der Waals surface area contributed by atoms with Gasteiger partial charge in [0, 0.05) is 32.5 Å². The number of methoxy groups -OCH3 is 1. The van der Waals surface area contributed by atoms with Crippen molar-refractivity contribution in [2.75, 3.05) is 32.6 Å². The molecular formula is C20H26N4O2. The summed E-state index contributed by atoms with van der Waals surface area (Å²) in [5.74, 6) is 2.12. The zero-order valence-electron chi connectivity index (χ0n) is 15.4. The molecule has 0 saturated carbocycles. The quantitative estimate of drug-likeness (QED) is 0.864. The number of hydrogen-bond acceptors (Lipinski definition) is 5. The number of carbonyl (C=O) groups excluding carboxylic acids is 1. The number of piperidine rings is 1. The molecule has 3 rings (SSSR count). The Balaban J connectivity index is 1.46. The number of amides is 1. The number of rotatable bonds is 6. The molecule has 1 aliphatic rings. The van der Waals surface area contributed by atoms with E-state index in [1.54, 1.807) is 26.6 Å². The van der Waals surface area contributed by atoms with Gasteiger partial charge in [-0.2, -0.15) is 0 Å². The molecular weight excluding hydrogens is 328 g/mol. The Bertz CT molecular complexity index is 708. The van der Waals surface area contributed by atoms with Gasteiger partial charge in [-0.25, -0.2) is 9.97 Å². The van der Waals surface area contributed by atoms with Crippen molar-refractivity contribution in [1.29, 1.82) is 0 Å². The van der Waals surface area contributed by atoms with Crippen LogP contribution in [0, 0.1) is 5.92 Å². The van der Waals surface area contributed by atoms with Crippen molar-refractivity contribution in [3.05, 3.63) is 47.8 Å². The lowest BCUT2D eigenvalue weighted by atomic mass is 9.90. The van der Waals surface area contributed by atoms with Crippen molar-refractivity contribution < 1.29 is 9.53 Å². The Labute approximate surface area is 154 Å². The minimum Gasteiger partial charge on any atom is -0.497 e. The Hall–Kier alpha value is -2.63. The largest absolute Gasteiger partial charge is 0.497 e. The fourth-order valence-corrected chi connectivity index (χ4v) is 3.34. The number of aromatic nitrogens is 2. The van der Waals surface area contributed by atoms with E-state index in [4.69, 9.17) is 4.74 Å². The number of nitrogens with one attached hydrogen (secondary N) is 1. The number of nitrogens with zero attached hydrogens (tertiary/aromatic N) is 3. The standard InChI is InChI=1S/C20H26N4O2/c1-21-20-22-13-17(14-23-20)19(25)24-11-9-16(10-12-24)4-3-15-5-7-18(26-2)8-6-15/h5-8,13-14,16H,3-4,9-12H2,1-2H3,(H,21,22,23).